The van der Waals surface area contributed by atoms with Gasteiger partial charge in [-0.15, -0.1) is 0 Å². The number of amides is 1. The molecule has 0 spiro atoms. The number of aromatic nitrogens is 4. The van der Waals surface area contributed by atoms with Crippen LogP contribution < -0.4 is 10.2 Å². The van der Waals surface area contributed by atoms with Crippen LogP contribution in [0.3, 0.4) is 0 Å². The van der Waals surface area contributed by atoms with Gasteiger partial charge in [0.05, 0.1) is 28.2 Å². The zero-order valence-electron chi connectivity index (χ0n) is 17.8. The molecule has 1 amide bonds. The van der Waals surface area contributed by atoms with Gasteiger partial charge in [-0.25, -0.2) is 9.97 Å². The Labute approximate surface area is 191 Å². The van der Waals surface area contributed by atoms with Crippen molar-refractivity contribution in [2.75, 3.05) is 37.6 Å². The van der Waals surface area contributed by atoms with Crippen LogP contribution in [0.2, 0.25) is 10.0 Å². The summed E-state index contributed by atoms with van der Waals surface area (Å²) in [6.07, 6.45) is 3.35. The largest absolute Gasteiger partial charge is 0.352 e. The van der Waals surface area contributed by atoms with Gasteiger partial charge >= 0.3 is 0 Å². The lowest BCUT2D eigenvalue weighted by atomic mass is 9.94. The van der Waals surface area contributed by atoms with E-state index in [0.29, 0.717) is 36.2 Å². The molecule has 0 bridgehead atoms. The predicted octanol–water partition coefficient (Wildman–Crippen LogP) is 2.84. The van der Waals surface area contributed by atoms with Gasteiger partial charge in [0.25, 0.3) is 0 Å². The molecular formula is C21H25Cl2N7O. The average Bonchev–Trinajstić information content (AvgIpc) is 3.15. The molecule has 3 aromatic rings. The highest BCUT2D eigenvalue weighted by molar-refractivity contribution is 6.42. The van der Waals surface area contributed by atoms with Crippen LogP contribution in [0.25, 0.3) is 11.0 Å². The van der Waals surface area contributed by atoms with E-state index in [2.05, 4.69) is 25.3 Å². The van der Waals surface area contributed by atoms with Crippen LogP contribution in [-0.4, -0.2) is 63.3 Å². The second-order valence-corrected chi connectivity index (χ2v) is 8.99. The number of anilines is 1. The van der Waals surface area contributed by atoms with Gasteiger partial charge in [-0.3, -0.25) is 14.8 Å². The lowest BCUT2D eigenvalue weighted by Gasteiger charge is -2.36. The standard InChI is InChI=1S/C21H25Cl2N7O/c1-21(2,14-4-5-16(22)17(23)10-14)26-12-18(31)29-6-8-30(9-7-29)20-15-11-27-28(3)19(15)24-13-25-20/h4-5,10-11,13,26H,6-9,12H2,1-3H3. The van der Waals surface area contributed by atoms with Crippen LogP contribution in [0.15, 0.2) is 30.7 Å². The van der Waals surface area contributed by atoms with Crippen molar-refractivity contribution in [1.29, 1.82) is 0 Å². The molecule has 1 fully saturated rings. The summed E-state index contributed by atoms with van der Waals surface area (Å²) in [4.78, 5) is 25.6. The van der Waals surface area contributed by atoms with Gasteiger partial charge < -0.3 is 9.80 Å². The Balaban J connectivity index is 1.35. The number of hydrogen-bond acceptors (Lipinski definition) is 6. The molecule has 0 radical (unpaired) electrons. The second-order valence-electron chi connectivity index (χ2n) is 8.18. The number of halogens is 2. The maximum absolute atomic E-state index is 12.8. The molecule has 2 aromatic heterocycles. The molecule has 0 unspecified atom stereocenters. The number of hydrogen-bond donors (Lipinski definition) is 1. The Kier molecular flexibility index (Phi) is 6.05. The summed E-state index contributed by atoms with van der Waals surface area (Å²) in [5, 5.41) is 9.57. The number of benzene rings is 1. The highest BCUT2D eigenvalue weighted by Crippen LogP contribution is 2.28. The van der Waals surface area contributed by atoms with Crippen molar-refractivity contribution in [3.05, 3.63) is 46.3 Å². The third kappa shape index (κ3) is 4.46. The van der Waals surface area contributed by atoms with Crippen LogP contribution in [0, 0.1) is 0 Å². The molecule has 164 valence electrons. The molecular weight excluding hydrogens is 437 g/mol. The molecule has 8 nitrogen and oxygen atoms in total. The molecule has 31 heavy (non-hydrogen) atoms. The van der Waals surface area contributed by atoms with Crippen LogP contribution in [-0.2, 0) is 17.4 Å². The van der Waals surface area contributed by atoms with Gasteiger partial charge in [-0.05, 0) is 31.5 Å². The SMILES string of the molecule is Cn1ncc2c(N3CCN(C(=O)CNC(C)(C)c4ccc(Cl)c(Cl)c4)CC3)ncnc21. The van der Waals surface area contributed by atoms with Crippen LogP contribution in [0.4, 0.5) is 5.82 Å². The minimum absolute atomic E-state index is 0.0713. The quantitative estimate of drug-likeness (QED) is 0.629. The van der Waals surface area contributed by atoms with Crippen LogP contribution in [0.5, 0.6) is 0 Å². The van der Waals surface area contributed by atoms with E-state index in [-0.39, 0.29) is 12.5 Å². The summed E-state index contributed by atoms with van der Waals surface area (Å²) >= 11 is 12.2. The molecule has 4 rings (SSSR count). The monoisotopic (exact) mass is 461 g/mol. The van der Waals surface area contributed by atoms with E-state index in [1.807, 2.05) is 37.9 Å². The zero-order chi connectivity index (χ0) is 22.2. The van der Waals surface area contributed by atoms with Crippen molar-refractivity contribution in [3.63, 3.8) is 0 Å². The summed E-state index contributed by atoms with van der Waals surface area (Å²) in [5.41, 5.74) is 1.36. The average molecular weight is 462 g/mol. The normalized spacial score (nSPS) is 15.0. The van der Waals surface area contributed by atoms with Gasteiger partial charge in [0.15, 0.2) is 5.65 Å². The Morgan fingerprint density at radius 3 is 2.58 bits per heavy atom. The number of fused-ring (bicyclic) bond motifs is 1. The number of piperazine rings is 1. The van der Waals surface area contributed by atoms with Crippen molar-refractivity contribution in [3.8, 4) is 0 Å². The van der Waals surface area contributed by atoms with E-state index >= 15 is 0 Å². The van der Waals surface area contributed by atoms with Gasteiger partial charge in [0, 0.05) is 38.8 Å². The number of nitrogens with one attached hydrogen (secondary N) is 1. The lowest BCUT2D eigenvalue weighted by Crippen LogP contribution is -2.52. The highest BCUT2D eigenvalue weighted by atomic mass is 35.5. The fourth-order valence-corrected chi connectivity index (χ4v) is 4.06. The van der Waals surface area contributed by atoms with Crippen LogP contribution >= 0.6 is 23.2 Å². The molecule has 10 heteroatoms. The van der Waals surface area contributed by atoms with Crippen molar-refractivity contribution >= 4 is 46.0 Å². The number of rotatable bonds is 5. The summed E-state index contributed by atoms with van der Waals surface area (Å²) in [6.45, 7) is 6.98. The highest BCUT2D eigenvalue weighted by Gasteiger charge is 2.26. The van der Waals surface area contributed by atoms with Crippen molar-refractivity contribution in [1.82, 2.24) is 30.0 Å². The summed E-state index contributed by atoms with van der Waals surface area (Å²) < 4.78 is 1.74. The Morgan fingerprint density at radius 2 is 1.87 bits per heavy atom. The van der Waals surface area contributed by atoms with Crippen molar-refractivity contribution in [2.45, 2.75) is 19.4 Å². The van der Waals surface area contributed by atoms with E-state index in [9.17, 15) is 4.79 Å². The second kappa shape index (κ2) is 8.61. The summed E-state index contributed by atoms with van der Waals surface area (Å²) in [6, 6.07) is 5.53. The first-order valence-electron chi connectivity index (χ1n) is 10.1. The van der Waals surface area contributed by atoms with E-state index in [4.69, 9.17) is 23.2 Å². The topological polar surface area (TPSA) is 79.2 Å². The van der Waals surface area contributed by atoms with E-state index in [1.165, 1.54) is 0 Å². The molecule has 1 N–H and O–H groups in total. The first-order chi connectivity index (χ1) is 14.8. The molecule has 1 aliphatic heterocycles. The summed E-state index contributed by atoms with van der Waals surface area (Å²) in [7, 11) is 1.86. The Hall–Kier alpha value is -2.42. The smallest absolute Gasteiger partial charge is 0.236 e. The molecule has 0 atom stereocenters. The van der Waals surface area contributed by atoms with E-state index in [0.717, 1.165) is 22.4 Å². The van der Waals surface area contributed by atoms with E-state index < -0.39 is 5.54 Å². The van der Waals surface area contributed by atoms with Crippen molar-refractivity contribution < 1.29 is 4.79 Å². The molecule has 1 saturated heterocycles. The minimum Gasteiger partial charge on any atom is -0.352 e. The molecule has 1 aromatic carbocycles. The lowest BCUT2D eigenvalue weighted by molar-refractivity contribution is -0.130. The van der Waals surface area contributed by atoms with Gasteiger partial charge in [-0.1, -0.05) is 29.3 Å². The van der Waals surface area contributed by atoms with Crippen LogP contribution in [0.1, 0.15) is 19.4 Å². The first-order valence-corrected chi connectivity index (χ1v) is 10.9. The predicted molar refractivity (Wildman–Crippen MR) is 123 cm³/mol. The molecule has 1 aliphatic rings. The number of nitrogens with zero attached hydrogens (tertiary/aromatic N) is 6. The number of carbonyl (C=O) groups excluding carboxylic acids is 1. The minimum atomic E-state index is -0.418. The number of carbonyl (C=O) groups is 1. The maximum Gasteiger partial charge on any atom is 0.236 e. The molecule has 0 aliphatic carbocycles. The fourth-order valence-electron chi connectivity index (χ4n) is 3.76. The number of aryl methyl sites for hydroxylation is 1. The van der Waals surface area contributed by atoms with Crippen molar-refractivity contribution in [2.24, 2.45) is 7.05 Å². The summed E-state index contributed by atoms with van der Waals surface area (Å²) in [5.74, 6) is 0.936. The van der Waals surface area contributed by atoms with Gasteiger partial charge in [0.1, 0.15) is 12.1 Å². The Morgan fingerprint density at radius 1 is 1.13 bits per heavy atom. The van der Waals surface area contributed by atoms with Gasteiger partial charge in [0.2, 0.25) is 5.91 Å². The fraction of sp³-hybridized carbons (Fsp3) is 0.429. The zero-order valence-corrected chi connectivity index (χ0v) is 19.3. The Bertz CT molecular complexity index is 1110. The molecule has 3 heterocycles. The first kappa shape index (κ1) is 21.8. The third-order valence-corrected chi connectivity index (χ3v) is 6.50. The van der Waals surface area contributed by atoms with Gasteiger partial charge in [-0.2, -0.15) is 5.10 Å². The third-order valence-electron chi connectivity index (χ3n) is 5.76. The maximum atomic E-state index is 12.8. The molecule has 0 saturated carbocycles. The van der Waals surface area contributed by atoms with E-state index in [1.54, 1.807) is 23.3 Å².